The van der Waals surface area contributed by atoms with E-state index in [0.717, 1.165) is 26.0 Å². The number of ether oxygens (including phenoxy) is 2. The Morgan fingerprint density at radius 3 is 3.06 bits per heavy atom. The Hall–Kier alpha value is -0.260. The molecule has 1 aliphatic heterocycles. The number of unbranched alkanes of at least 4 members (excludes halogenated alkanes) is 3. The average Bonchev–Trinajstić information content (AvgIpc) is 2.30. The van der Waals surface area contributed by atoms with Crippen molar-refractivity contribution >= 4 is 17.1 Å². The minimum absolute atomic E-state index is 0.0527. The lowest BCUT2D eigenvalue weighted by molar-refractivity contribution is 0.0999. The summed E-state index contributed by atoms with van der Waals surface area (Å²) in [7, 11) is 0. The van der Waals surface area contributed by atoms with Crippen LogP contribution in [0.25, 0.3) is 0 Å². The molecule has 0 aromatic heterocycles. The van der Waals surface area contributed by atoms with E-state index in [9.17, 15) is 4.79 Å². The van der Waals surface area contributed by atoms with E-state index in [1.807, 2.05) is 0 Å². The molecular weight excluding hydrogens is 226 g/mol. The standard InChI is InChI=1S/C11H21NO3S/c1-2-3-4-5-7-15-11(13)16-10-9-14-8-6-12-10/h10,12H,2-9H2,1H3. The fraction of sp³-hybridized carbons (Fsp3) is 0.909. The third-order valence-corrected chi connectivity index (χ3v) is 3.24. The summed E-state index contributed by atoms with van der Waals surface area (Å²) in [5.74, 6) is 0. The summed E-state index contributed by atoms with van der Waals surface area (Å²) in [6.07, 6.45) is 4.52. The minimum atomic E-state index is -0.195. The van der Waals surface area contributed by atoms with Crippen LogP contribution >= 0.6 is 11.8 Å². The molecule has 1 saturated heterocycles. The molecule has 0 radical (unpaired) electrons. The van der Waals surface area contributed by atoms with Gasteiger partial charge >= 0.3 is 5.30 Å². The van der Waals surface area contributed by atoms with Crippen LogP contribution < -0.4 is 5.32 Å². The van der Waals surface area contributed by atoms with E-state index in [-0.39, 0.29) is 10.7 Å². The normalized spacial score (nSPS) is 20.7. The quantitative estimate of drug-likeness (QED) is 0.577. The molecule has 1 N–H and O–H groups in total. The summed E-state index contributed by atoms with van der Waals surface area (Å²) in [5.41, 5.74) is 0. The third kappa shape index (κ3) is 6.35. The van der Waals surface area contributed by atoms with Crippen LogP contribution in [0.1, 0.15) is 32.6 Å². The molecule has 1 unspecified atom stereocenters. The maximum absolute atomic E-state index is 11.4. The van der Waals surface area contributed by atoms with Gasteiger partial charge in [-0.15, -0.1) is 0 Å². The van der Waals surface area contributed by atoms with E-state index in [4.69, 9.17) is 9.47 Å². The Bertz CT molecular complexity index is 196. The molecule has 1 atom stereocenters. The smallest absolute Gasteiger partial charge is 0.368 e. The first kappa shape index (κ1) is 13.8. The van der Waals surface area contributed by atoms with Crippen LogP contribution in [-0.2, 0) is 9.47 Å². The van der Waals surface area contributed by atoms with Crippen molar-refractivity contribution in [2.45, 2.75) is 38.0 Å². The highest BCUT2D eigenvalue weighted by Crippen LogP contribution is 2.14. The Morgan fingerprint density at radius 2 is 2.38 bits per heavy atom. The monoisotopic (exact) mass is 247 g/mol. The summed E-state index contributed by atoms with van der Waals surface area (Å²) >= 11 is 1.19. The molecule has 1 heterocycles. The number of carbonyl (C=O) groups is 1. The first-order valence-electron chi connectivity index (χ1n) is 5.97. The maximum Gasteiger partial charge on any atom is 0.368 e. The van der Waals surface area contributed by atoms with Crippen LogP contribution in [0.4, 0.5) is 4.79 Å². The molecule has 0 saturated carbocycles. The topological polar surface area (TPSA) is 47.6 Å². The lowest BCUT2D eigenvalue weighted by Crippen LogP contribution is -2.39. The number of rotatable bonds is 6. The number of nitrogens with one attached hydrogen (secondary N) is 1. The third-order valence-electron chi connectivity index (χ3n) is 2.34. The fourth-order valence-electron chi connectivity index (χ4n) is 1.45. The number of hydrogen-bond donors (Lipinski definition) is 1. The lowest BCUT2D eigenvalue weighted by Gasteiger charge is -2.21. The minimum Gasteiger partial charge on any atom is -0.458 e. The van der Waals surface area contributed by atoms with Gasteiger partial charge in [-0.05, 0) is 18.2 Å². The second-order valence-corrected chi connectivity index (χ2v) is 4.93. The average molecular weight is 247 g/mol. The van der Waals surface area contributed by atoms with Crippen molar-refractivity contribution in [3.63, 3.8) is 0 Å². The van der Waals surface area contributed by atoms with E-state index in [1.54, 1.807) is 0 Å². The van der Waals surface area contributed by atoms with Gasteiger partial charge in [0.1, 0.15) is 0 Å². The second-order valence-electron chi connectivity index (χ2n) is 3.79. The zero-order valence-electron chi connectivity index (χ0n) is 9.87. The molecule has 0 amide bonds. The van der Waals surface area contributed by atoms with Crippen LogP contribution in [0.15, 0.2) is 0 Å². The van der Waals surface area contributed by atoms with Crippen molar-refractivity contribution in [3.05, 3.63) is 0 Å². The SMILES string of the molecule is CCCCCCOC(=O)SC1COCCN1. The maximum atomic E-state index is 11.4. The largest absolute Gasteiger partial charge is 0.458 e. The Kier molecular flexibility index (Phi) is 7.63. The van der Waals surface area contributed by atoms with Crippen molar-refractivity contribution in [1.29, 1.82) is 0 Å². The molecule has 1 aliphatic rings. The van der Waals surface area contributed by atoms with Gasteiger partial charge in [0.2, 0.25) is 0 Å². The molecule has 94 valence electrons. The molecule has 16 heavy (non-hydrogen) atoms. The summed E-state index contributed by atoms with van der Waals surface area (Å²) in [4.78, 5) is 11.4. The van der Waals surface area contributed by atoms with Gasteiger partial charge in [0.05, 0.1) is 25.2 Å². The summed E-state index contributed by atoms with van der Waals surface area (Å²) in [6, 6.07) is 0. The van der Waals surface area contributed by atoms with Crippen molar-refractivity contribution in [2.24, 2.45) is 0 Å². The summed E-state index contributed by atoms with van der Waals surface area (Å²) < 4.78 is 10.4. The molecule has 1 rings (SSSR count). The van der Waals surface area contributed by atoms with Crippen molar-refractivity contribution in [2.75, 3.05) is 26.4 Å². The van der Waals surface area contributed by atoms with Gasteiger partial charge in [-0.25, -0.2) is 4.79 Å². The van der Waals surface area contributed by atoms with Gasteiger partial charge < -0.3 is 14.8 Å². The number of thioether (sulfide) groups is 1. The Balaban J connectivity index is 1.97. The molecular formula is C11H21NO3S. The first-order chi connectivity index (χ1) is 7.83. The number of morpholine rings is 1. The van der Waals surface area contributed by atoms with Crippen molar-refractivity contribution < 1.29 is 14.3 Å². The fourth-order valence-corrected chi connectivity index (χ4v) is 2.20. The van der Waals surface area contributed by atoms with E-state index in [0.29, 0.717) is 13.2 Å². The van der Waals surface area contributed by atoms with Crippen LogP contribution in [0.2, 0.25) is 0 Å². The van der Waals surface area contributed by atoms with Crippen molar-refractivity contribution in [3.8, 4) is 0 Å². The van der Waals surface area contributed by atoms with Gasteiger partial charge in [-0.3, -0.25) is 0 Å². The van der Waals surface area contributed by atoms with E-state index in [1.165, 1.54) is 24.6 Å². The first-order valence-corrected chi connectivity index (χ1v) is 6.85. The molecule has 0 aromatic rings. The molecule has 4 nitrogen and oxygen atoms in total. The lowest BCUT2D eigenvalue weighted by atomic mass is 10.2. The Morgan fingerprint density at radius 1 is 1.50 bits per heavy atom. The molecule has 0 aromatic carbocycles. The van der Waals surface area contributed by atoms with Gasteiger partial charge in [0.15, 0.2) is 0 Å². The van der Waals surface area contributed by atoms with Gasteiger partial charge in [0, 0.05) is 6.54 Å². The van der Waals surface area contributed by atoms with Crippen LogP contribution in [0.3, 0.4) is 0 Å². The molecule has 0 bridgehead atoms. The summed E-state index contributed by atoms with van der Waals surface area (Å²) in [5, 5.41) is 3.06. The van der Waals surface area contributed by atoms with Gasteiger partial charge in [0.25, 0.3) is 0 Å². The molecule has 0 aliphatic carbocycles. The molecule has 5 heteroatoms. The van der Waals surface area contributed by atoms with Crippen LogP contribution in [0, 0.1) is 0 Å². The van der Waals surface area contributed by atoms with Gasteiger partial charge in [-0.1, -0.05) is 26.2 Å². The van der Waals surface area contributed by atoms with Crippen molar-refractivity contribution in [1.82, 2.24) is 5.32 Å². The number of carbonyl (C=O) groups excluding carboxylic acids is 1. The predicted molar refractivity (Wildman–Crippen MR) is 65.7 cm³/mol. The van der Waals surface area contributed by atoms with E-state index < -0.39 is 0 Å². The van der Waals surface area contributed by atoms with Crippen LogP contribution in [-0.4, -0.2) is 37.0 Å². The zero-order valence-corrected chi connectivity index (χ0v) is 10.7. The molecule has 0 spiro atoms. The second kappa shape index (κ2) is 8.84. The zero-order chi connectivity index (χ0) is 11.6. The van der Waals surface area contributed by atoms with E-state index >= 15 is 0 Å². The van der Waals surface area contributed by atoms with Gasteiger partial charge in [-0.2, -0.15) is 0 Å². The highest BCUT2D eigenvalue weighted by Gasteiger charge is 2.18. The highest BCUT2D eigenvalue weighted by atomic mass is 32.2. The summed E-state index contributed by atoms with van der Waals surface area (Å²) in [6.45, 7) is 4.82. The van der Waals surface area contributed by atoms with Crippen LogP contribution in [0.5, 0.6) is 0 Å². The number of hydrogen-bond acceptors (Lipinski definition) is 5. The predicted octanol–water partition coefficient (Wildman–Crippen LogP) is 2.38. The van der Waals surface area contributed by atoms with E-state index in [2.05, 4.69) is 12.2 Å². The Labute approximate surface area is 101 Å². The molecule has 1 fully saturated rings. The highest BCUT2D eigenvalue weighted by molar-refractivity contribution is 8.13.